The number of carbonyl (C=O) groups excluding carboxylic acids is 3. The first-order valence-corrected chi connectivity index (χ1v) is 6.64. The van der Waals surface area contributed by atoms with E-state index in [1.807, 2.05) is 12.1 Å². The van der Waals surface area contributed by atoms with Crippen molar-refractivity contribution >= 4 is 39.3 Å². The third-order valence-corrected chi connectivity index (χ3v) is 4.31. The van der Waals surface area contributed by atoms with Crippen molar-refractivity contribution in [3.8, 4) is 0 Å². The molecular weight excluding hydrogens is 312 g/mol. The van der Waals surface area contributed by atoms with Gasteiger partial charge in [-0.05, 0) is 23.8 Å². The van der Waals surface area contributed by atoms with Crippen LogP contribution in [0.15, 0.2) is 22.7 Å². The molecule has 1 N–H and O–H groups in total. The van der Waals surface area contributed by atoms with E-state index in [-0.39, 0.29) is 30.6 Å². The third-order valence-electron chi connectivity index (χ3n) is 3.81. The lowest BCUT2D eigenvalue weighted by Gasteiger charge is -2.36. The minimum Gasteiger partial charge on any atom is -0.315 e. The van der Waals surface area contributed by atoms with E-state index in [0.29, 0.717) is 5.69 Å². The molecule has 19 heavy (non-hydrogen) atoms. The molecule has 2 aliphatic heterocycles. The van der Waals surface area contributed by atoms with Gasteiger partial charge in [-0.25, -0.2) is 0 Å². The second-order valence-corrected chi connectivity index (χ2v) is 5.84. The van der Waals surface area contributed by atoms with E-state index in [9.17, 15) is 14.4 Å². The lowest BCUT2D eigenvalue weighted by atomic mass is 9.72. The largest absolute Gasteiger partial charge is 0.315 e. The van der Waals surface area contributed by atoms with Gasteiger partial charge < -0.3 is 4.90 Å². The van der Waals surface area contributed by atoms with Gasteiger partial charge >= 0.3 is 0 Å². The Balaban J connectivity index is 2.26. The Morgan fingerprint density at radius 3 is 2.63 bits per heavy atom. The summed E-state index contributed by atoms with van der Waals surface area (Å²) in [6, 6.07) is 5.42. The normalized spacial score (nSPS) is 25.8. The van der Waals surface area contributed by atoms with Crippen molar-refractivity contribution in [3.63, 3.8) is 0 Å². The van der Waals surface area contributed by atoms with Crippen LogP contribution in [0.1, 0.15) is 18.4 Å². The average Bonchev–Trinajstić information content (AvgIpc) is 2.62. The first-order chi connectivity index (χ1) is 8.94. The van der Waals surface area contributed by atoms with Crippen LogP contribution in [-0.2, 0) is 19.8 Å². The summed E-state index contributed by atoms with van der Waals surface area (Å²) >= 11 is 3.37. The van der Waals surface area contributed by atoms with E-state index in [1.165, 1.54) is 4.90 Å². The molecule has 2 aliphatic rings. The summed E-state index contributed by atoms with van der Waals surface area (Å²) in [5.41, 5.74) is 0.372. The highest BCUT2D eigenvalue weighted by Crippen LogP contribution is 2.45. The molecule has 3 amide bonds. The predicted molar refractivity (Wildman–Crippen MR) is 71.6 cm³/mol. The van der Waals surface area contributed by atoms with E-state index in [2.05, 4.69) is 21.2 Å². The van der Waals surface area contributed by atoms with E-state index in [0.717, 1.165) is 10.0 Å². The Morgan fingerprint density at radius 1 is 1.26 bits per heavy atom. The monoisotopic (exact) mass is 322 g/mol. The molecule has 1 saturated heterocycles. The minimum absolute atomic E-state index is 0.0323. The van der Waals surface area contributed by atoms with Crippen molar-refractivity contribution in [2.75, 3.05) is 11.9 Å². The smallest absolute Gasteiger partial charge is 0.238 e. The molecule has 1 atom stereocenters. The van der Waals surface area contributed by atoms with Crippen molar-refractivity contribution in [1.29, 1.82) is 0 Å². The van der Waals surface area contributed by atoms with Crippen molar-refractivity contribution in [2.24, 2.45) is 0 Å². The second-order valence-electron chi connectivity index (χ2n) is 4.93. The third kappa shape index (κ3) is 1.63. The summed E-state index contributed by atoms with van der Waals surface area (Å²) in [5.74, 6) is -0.855. The van der Waals surface area contributed by atoms with Gasteiger partial charge in [0.1, 0.15) is 0 Å². The van der Waals surface area contributed by atoms with Gasteiger partial charge in [0.15, 0.2) is 0 Å². The van der Waals surface area contributed by atoms with Gasteiger partial charge in [-0.1, -0.05) is 15.9 Å². The molecule has 5 nitrogen and oxygen atoms in total. The van der Waals surface area contributed by atoms with Gasteiger partial charge in [0.05, 0.1) is 5.41 Å². The van der Waals surface area contributed by atoms with Crippen LogP contribution in [0.25, 0.3) is 0 Å². The zero-order valence-electron chi connectivity index (χ0n) is 10.2. The lowest BCUT2D eigenvalue weighted by molar-refractivity contribution is -0.130. The molecule has 98 valence electrons. The number of anilines is 1. The van der Waals surface area contributed by atoms with Crippen LogP contribution < -0.4 is 10.2 Å². The summed E-state index contributed by atoms with van der Waals surface area (Å²) in [4.78, 5) is 37.3. The van der Waals surface area contributed by atoms with Crippen LogP contribution in [-0.4, -0.2) is 24.8 Å². The quantitative estimate of drug-likeness (QED) is 0.727. The standard InChI is InChI=1S/C13H11BrN2O3/c1-16-9-3-2-7(14)4-8(9)13(6-11(16)18)5-10(17)15-12(13)19/h2-4H,5-6H2,1H3,(H,15,17,19)/t13-/m0/s1. The maximum atomic E-state index is 12.2. The zero-order valence-corrected chi connectivity index (χ0v) is 11.8. The number of amides is 3. The van der Waals surface area contributed by atoms with E-state index in [1.54, 1.807) is 13.1 Å². The summed E-state index contributed by atoms with van der Waals surface area (Å²) in [7, 11) is 1.68. The maximum absolute atomic E-state index is 12.2. The van der Waals surface area contributed by atoms with Crippen LogP contribution in [0.4, 0.5) is 5.69 Å². The maximum Gasteiger partial charge on any atom is 0.238 e. The highest BCUT2D eigenvalue weighted by Gasteiger charge is 2.53. The predicted octanol–water partition coefficient (Wildman–Crippen LogP) is 1.10. The van der Waals surface area contributed by atoms with Crippen LogP contribution >= 0.6 is 15.9 Å². The molecule has 0 aromatic heterocycles. The number of nitrogens with zero attached hydrogens (tertiary/aromatic N) is 1. The first kappa shape index (κ1) is 12.3. The molecular formula is C13H11BrN2O3. The molecule has 1 spiro atoms. The Kier molecular flexibility index (Phi) is 2.53. The number of hydrogen-bond acceptors (Lipinski definition) is 3. The Labute approximate surface area is 118 Å². The van der Waals surface area contributed by atoms with Crippen molar-refractivity contribution in [2.45, 2.75) is 18.3 Å². The summed E-state index contributed by atoms with van der Waals surface area (Å²) in [5, 5.41) is 2.31. The van der Waals surface area contributed by atoms with Gasteiger partial charge in [-0.15, -0.1) is 0 Å². The van der Waals surface area contributed by atoms with Gasteiger partial charge in [0, 0.05) is 30.0 Å². The molecule has 3 rings (SSSR count). The number of halogens is 1. The number of imide groups is 1. The fourth-order valence-electron chi connectivity index (χ4n) is 2.80. The highest BCUT2D eigenvalue weighted by molar-refractivity contribution is 9.10. The molecule has 6 heteroatoms. The van der Waals surface area contributed by atoms with Gasteiger partial charge in [0.2, 0.25) is 17.7 Å². The van der Waals surface area contributed by atoms with Crippen molar-refractivity contribution < 1.29 is 14.4 Å². The Hall–Kier alpha value is -1.69. The second kappa shape index (κ2) is 3.90. The molecule has 0 radical (unpaired) electrons. The van der Waals surface area contributed by atoms with Crippen LogP contribution in [0.3, 0.4) is 0 Å². The molecule has 1 aromatic rings. The minimum atomic E-state index is -1.04. The van der Waals surface area contributed by atoms with E-state index < -0.39 is 5.41 Å². The zero-order chi connectivity index (χ0) is 13.8. The molecule has 2 heterocycles. The number of hydrogen-bond donors (Lipinski definition) is 1. The highest BCUT2D eigenvalue weighted by atomic mass is 79.9. The Morgan fingerprint density at radius 2 is 2.00 bits per heavy atom. The number of fused-ring (bicyclic) bond motifs is 2. The first-order valence-electron chi connectivity index (χ1n) is 5.85. The van der Waals surface area contributed by atoms with Gasteiger partial charge in [0.25, 0.3) is 0 Å². The summed E-state index contributed by atoms with van der Waals surface area (Å²) in [6.45, 7) is 0. The average molecular weight is 323 g/mol. The summed E-state index contributed by atoms with van der Waals surface area (Å²) < 4.78 is 0.820. The fourth-order valence-corrected chi connectivity index (χ4v) is 3.16. The Bertz CT molecular complexity index is 628. The molecule has 0 bridgehead atoms. The molecule has 1 fully saturated rings. The number of nitrogens with one attached hydrogen (secondary N) is 1. The number of carbonyl (C=O) groups is 3. The van der Waals surface area contributed by atoms with E-state index >= 15 is 0 Å². The molecule has 0 aliphatic carbocycles. The van der Waals surface area contributed by atoms with Crippen molar-refractivity contribution in [3.05, 3.63) is 28.2 Å². The lowest BCUT2D eigenvalue weighted by Crippen LogP contribution is -2.46. The van der Waals surface area contributed by atoms with Gasteiger partial charge in [-0.2, -0.15) is 0 Å². The SMILES string of the molecule is CN1C(=O)C[C@@]2(CC(=O)NC2=O)c2cc(Br)ccc21. The van der Waals surface area contributed by atoms with E-state index in [4.69, 9.17) is 0 Å². The number of benzene rings is 1. The van der Waals surface area contributed by atoms with Crippen LogP contribution in [0, 0.1) is 0 Å². The topological polar surface area (TPSA) is 66.5 Å². The van der Waals surface area contributed by atoms with Gasteiger partial charge in [-0.3, -0.25) is 19.7 Å². The van der Waals surface area contributed by atoms with Crippen LogP contribution in [0.5, 0.6) is 0 Å². The molecule has 1 aromatic carbocycles. The molecule has 0 unspecified atom stereocenters. The number of rotatable bonds is 0. The summed E-state index contributed by atoms with van der Waals surface area (Å²) in [6.07, 6.45) is 0.0688. The van der Waals surface area contributed by atoms with Crippen molar-refractivity contribution in [1.82, 2.24) is 5.32 Å². The molecule has 0 saturated carbocycles. The van der Waals surface area contributed by atoms with Crippen LogP contribution in [0.2, 0.25) is 0 Å². The fraction of sp³-hybridized carbons (Fsp3) is 0.308.